The van der Waals surface area contributed by atoms with Crippen LogP contribution in [0.25, 0.3) is 0 Å². The van der Waals surface area contributed by atoms with Gasteiger partial charge in [-0.2, -0.15) is 0 Å². The molecule has 2 aromatic rings. The van der Waals surface area contributed by atoms with Crippen LogP contribution >= 0.6 is 47.0 Å². The first kappa shape index (κ1) is 32.9. The highest BCUT2D eigenvalue weighted by Gasteiger charge is 2.58. The van der Waals surface area contributed by atoms with Crippen molar-refractivity contribution in [1.29, 1.82) is 0 Å². The molecule has 2 aliphatic rings. The predicted octanol–water partition coefficient (Wildman–Crippen LogP) is 8.14. The second-order valence-corrected chi connectivity index (χ2v) is 15.7. The maximum Gasteiger partial charge on any atom is 0.260 e. The highest BCUT2D eigenvalue weighted by molar-refractivity contribution is 8.22. The third kappa shape index (κ3) is 6.42. The molecule has 0 radical (unpaired) electrons. The molecule has 0 amide bonds. The molecule has 0 aromatic heterocycles. The van der Waals surface area contributed by atoms with Gasteiger partial charge in [0.05, 0.1) is 11.5 Å². The van der Waals surface area contributed by atoms with Crippen LogP contribution in [0, 0.1) is 25.7 Å². The van der Waals surface area contributed by atoms with Crippen molar-refractivity contribution < 1.29 is 19.2 Å². The molecule has 42 heavy (non-hydrogen) atoms. The number of allylic oxidation sites excluding steroid dienone is 3. The SMILES string of the molecule is CCSC(=O)C(=O)C1=C(SCC)[C@@H]2C(=O)C(=C(SCC)SCC)[C@@H](c3ccc(C)cc3)[C@H](C1=O)[C@H]2c1ccc(C)cc1. The zero-order valence-corrected chi connectivity index (χ0v) is 28.3. The Morgan fingerprint density at radius 1 is 0.643 bits per heavy atom. The number of thioether (sulfide) groups is 4. The van der Waals surface area contributed by atoms with Crippen molar-refractivity contribution in [3.63, 3.8) is 0 Å². The minimum Gasteiger partial charge on any atom is -0.294 e. The number of hydrogen-bond donors (Lipinski definition) is 0. The summed E-state index contributed by atoms with van der Waals surface area (Å²) in [4.78, 5) is 57.1. The van der Waals surface area contributed by atoms with Crippen LogP contribution in [0.5, 0.6) is 0 Å². The number of fused-ring (bicyclic) bond motifs is 2. The molecular weight excluding hydrogens is 601 g/mol. The van der Waals surface area contributed by atoms with Crippen molar-refractivity contribution in [3.8, 4) is 0 Å². The fourth-order valence-electron chi connectivity index (χ4n) is 5.98. The topological polar surface area (TPSA) is 68.3 Å². The van der Waals surface area contributed by atoms with Gasteiger partial charge in [0.25, 0.3) is 5.12 Å². The Hall–Kier alpha value is -2.00. The predicted molar refractivity (Wildman–Crippen MR) is 181 cm³/mol. The van der Waals surface area contributed by atoms with Crippen LogP contribution in [0.4, 0.5) is 0 Å². The highest BCUT2D eigenvalue weighted by Crippen LogP contribution is 2.60. The van der Waals surface area contributed by atoms with Gasteiger partial charge >= 0.3 is 0 Å². The number of Topliss-reactive ketones (excluding diaryl/α,β-unsaturated/α-hetero) is 3. The molecule has 1 fully saturated rings. The van der Waals surface area contributed by atoms with Gasteiger partial charge in [-0.25, -0.2) is 0 Å². The van der Waals surface area contributed by atoms with Crippen molar-refractivity contribution in [1.82, 2.24) is 0 Å². The fraction of sp³-hybridized carbons (Fsp3) is 0.412. The standard InChI is InChI=1S/C34H38O4S4/c1-7-39-32-26-23(21-15-11-19(5)12-16-21)25(29(35)28(32)31(37)33(38)40-8-2)24(22-17-13-20(6)14-18-22)27(30(26)36)34(41-9-3)42-10-4/h11-18,23-26H,7-10H2,1-6H3/t23-,24+,25-,26+/m1/s1. The van der Waals surface area contributed by atoms with Gasteiger partial charge in [0.1, 0.15) is 0 Å². The van der Waals surface area contributed by atoms with Crippen molar-refractivity contribution in [2.24, 2.45) is 11.8 Å². The number of ketones is 3. The average molecular weight is 639 g/mol. The Kier molecular flexibility index (Phi) is 11.5. The van der Waals surface area contributed by atoms with Gasteiger partial charge in [-0.15, -0.1) is 35.3 Å². The van der Waals surface area contributed by atoms with Gasteiger partial charge in [-0.05, 0) is 48.0 Å². The zero-order chi connectivity index (χ0) is 30.6. The number of carbonyl (C=O) groups excluding carboxylic acids is 4. The van der Waals surface area contributed by atoms with Crippen molar-refractivity contribution in [2.45, 2.75) is 53.4 Å². The van der Waals surface area contributed by atoms with Crippen molar-refractivity contribution >= 4 is 69.5 Å². The molecule has 8 heteroatoms. The summed E-state index contributed by atoms with van der Waals surface area (Å²) >= 11 is 5.57. The Labute approximate surface area is 266 Å². The van der Waals surface area contributed by atoms with Gasteiger partial charge < -0.3 is 0 Å². The van der Waals surface area contributed by atoms with E-state index in [-0.39, 0.29) is 17.1 Å². The number of aryl methyl sites for hydroxylation is 2. The molecule has 0 unspecified atom stereocenters. The number of carbonyl (C=O) groups is 4. The van der Waals surface area contributed by atoms with Gasteiger partial charge in [0.15, 0.2) is 11.6 Å². The summed E-state index contributed by atoms with van der Waals surface area (Å²) in [6.45, 7) is 11.9. The molecule has 0 heterocycles. The lowest BCUT2D eigenvalue weighted by atomic mass is 9.55. The summed E-state index contributed by atoms with van der Waals surface area (Å²) in [6, 6.07) is 16.1. The zero-order valence-electron chi connectivity index (χ0n) is 25.0. The van der Waals surface area contributed by atoms with E-state index in [0.29, 0.717) is 22.0 Å². The lowest BCUT2D eigenvalue weighted by molar-refractivity contribution is -0.133. The first-order chi connectivity index (χ1) is 20.2. The third-order valence-corrected chi connectivity index (χ3v) is 11.7. The van der Waals surface area contributed by atoms with E-state index in [1.807, 2.05) is 76.2 Å². The Morgan fingerprint density at radius 2 is 1.17 bits per heavy atom. The van der Waals surface area contributed by atoms with E-state index in [4.69, 9.17) is 0 Å². The molecule has 4 atom stereocenters. The molecule has 222 valence electrons. The second kappa shape index (κ2) is 14.7. The van der Waals surface area contributed by atoms with Crippen LogP contribution in [-0.2, 0) is 19.2 Å². The monoisotopic (exact) mass is 638 g/mol. The van der Waals surface area contributed by atoms with Crippen molar-refractivity contribution in [2.75, 3.05) is 23.0 Å². The Morgan fingerprint density at radius 3 is 1.67 bits per heavy atom. The van der Waals surface area contributed by atoms with E-state index in [0.717, 1.165) is 49.8 Å². The van der Waals surface area contributed by atoms with Crippen LogP contribution in [0.2, 0.25) is 0 Å². The number of rotatable bonds is 11. The van der Waals surface area contributed by atoms with Crippen LogP contribution in [0.15, 0.2) is 68.8 Å². The lowest BCUT2D eigenvalue weighted by Gasteiger charge is -2.48. The second-order valence-electron chi connectivity index (χ2n) is 10.3. The normalized spacial score (nSPS) is 22.0. The van der Waals surface area contributed by atoms with E-state index in [9.17, 15) is 14.4 Å². The summed E-state index contributed by atoms with van der Waals surface area (Å²) in [7, 11) is 0. The molecule has 0 aliphatic heterocycles. The molecule has 1 saturated carbocycles. The van der Waals surface area contributed by atoms with Gasteiger partial charge in [-0.1, -0.05) is 99.1 Å². The summed E-state index contributed by atoms with van der Waals surface area (Å²) in [5.74, 6) is -0.913. The van der Waals surface area contributed by atoms with E-state index in [1.54, 1.807) is 23.5 Å². The molecule has 4 nitrogen and oxygen atoms in total. The third-order valence-electron chi connectivity index (χ3n) is 7.70. The van der Waals surface area contributed by atoms with Crippen LogP contribution in [0.3, 0.4) is 0 Å². The Balaban J connectivity index is 2.11. The van der Waals surface area contributed by atoms with E-state index in [1.165, 1.54) is 11.8 Å². The molecule has 2 aliphatic carbocycles. The van der Waals surface area contributed by atoms with E-state index < -0.39 is 34.6 Å². The summed E-state index contributed by atoms with van der Waals surface area (Å²) in [5, 5.41) is -0.638. The van der Waals surface area contributed by atoms with Crippen LogP contribution < -0.4 is 0 Å². The summed E-state index contributed by atoms with van der Waals surface area (Å²) < 4.78 is 0.953. The van der Waals surface area contributed by atoms with E-state index in [2.05, 4.69) is 13.8 Å². The first-order valence-corrected chi connectivity index (χ1v) is 18.4. The molecule has 2 bridgehead atoms. The summed E-state index contributed by atoms with van der Waals surface area (Å²) in [5.41, 5.74) is 4.58. The average Bonchev–Trinajstić information content (AvgIpc) is 2.97. The number of benzene rings is 2. The molecule has 0 N–H and O–H groups in total. The van der Waals surface area contributed by atoms with Crippen molar-refractivity contribution in [3.05, 3.63) is 91.1 Å². The molecule has 4 rings (SSSR count). The molecule has 2 aromatic carbocycles. The molecular formula is C34H38O4S4. The molecule has 0 spiro atoms. The smallest absolute Gasteiger partial charge is 0.260 e. The quantitative estimate of drug-likeness (QED) is 0.139. The molecule has 0 saturated heterocycles. The maximum absolute atomic E-state index is 15.0. The van der Waals surface area contributed by atoms with Gasteiger partial charge in [-0.3, -0.25) is 19.2 Å². The van der Waals surface area contributed by atoms with Crippen LogP contribution in [-0.4, -0.2) is 45.5 Å². The van der Waals surface area contributed by atoms with E-state index >= 15 is 4.79 Å². The lowest BCUT2D eigenvalue weighted by Crippen LogP contribution is -2.49. The fourth-order valence-corrected chi connectivity index (χ4v) is 9.89. The highest BCUT2D eigenvalue weighted by atomic mass is 32.2. The number of hydrogen-bond acceptors (Lipinski definition) is 8. The minimum atomic E-state index is -0.769. The minimum absolute atomic E-state index is 0.0383. The Bertz CT molecular complexity index is 1410. The first-order valence-electron chi connectivity index (χ1n) is 14.5. The maximum atomic E-state index is 15.0. The summed E-state index contributed by atoms with van der Waals surface area (Å²) in [6.07, 6.45) is 0. The van der Waals surface area contributed by atoms with Gasteiger partial charge in [0.2, 0.25) is 5.78 Å². The van der Waals surface area contributed by atoms with Gasteiger partial charge in [0, 0.05) is 32.5 Å². The largest absolute Gasteiger partial charge is 0.294 e. The van der Waals surface area contributed by atoms with Crippen LogP contribution in [0.1, 0.15) is 61.8 Å².